The smallest absolute Gasteiger partial charge is 0.239 e. The van der Waals surface area contributed by atoms with E-state index < -0.39 is 150 Å². The van der Waals surface area contributed by atoms with E-state index in [-0.39, 0.29) is 11.3 Å². The highest BCUT2D eigenvalue weighted by atomic mass is 16.7. The maximum atomic E-state index is 14.1. The van der Waals surface area contributed by atoms with Crippen molar-refractivity contribution >= 4 is 11.0 Å². The SMILES string of the molecule is C[C@@H]1O[C@@H](OC[C@@H]2O[C@@H](Oc3c(-c4ccc(O)c(O)c4)oc4cc(O[C@H]5O[C@@H](CO)[C@H](O)[C@H](O)[C@@H]5O)cc(O)c4c3=O)[C@@H](O)[C@@H](O)[C@H]2O)[C@H](O)[C@@H](O)[C@H]1O. The lowest BCUT2D eigenvalue weighted by molar-refractivity contribution is -0.318. The first kappa shape index (κ1) is 39.8. The van der Waals surface area contributed by atoms with Gasteiger partial charge in [-0.05, 0) is 25.1 Å². The third-order valence-electron chi connectivity index (χ3n) is 9.38. The van der Waals surface area contributed by atoms with Gasteiger partial charge in [0, 0.05) is 17.7 Å². The number of fused-ring (bicyclic) bond motifs is 1. The average Bonchev–Trinajstić information content (AvgIpc) is 3.14. The monoisotopic (exact) mass is 772 g/mol. The molecule has 21 nitrogen and oxygen atoms in total. The number of hydrogen-bond donors (Lipinski definition) is 13. The van der Waals surface area contributed by atoms with E-state index >= 15 is 0 Å². The summed E-state index contributed by atoms with van der Waals surface area (Å²) in [4.78, 5) is 14.1. The van der Waals surface area contributed by atoms with Crippen LogP contribution in [0, 0.1) is 0 Å². The third-order valence-corrected chi connectivity index (χ3v) is 9.38. The van der Waals surface area contributed by atoms with Crippen molar-refractivity contribution in [3.8, 4) is 40.1 Å². The average molecular weight is 773 g/mol. The lowest BCUT2D eigenvalue weighted by Crippen LogP contribution is -2.61. The predicted molar refractivity (Wildman–Crippen MR) is 173 cm³/mol. The summed E-state index contributed by atoms with van der Waals surface area (Å²) in [5, 5.41) is 133. The third kappa shape index (κ3) is 7.39. The first-order valence-corrected chi connectivity index (χ1v) is 16.5. The summed E-state index contributed by atoms with van der Waals surface area (Å²) in [5.41, 5.74) is -1.66. The van der Waals surface area contributed by atoms with E-state index in [2.05, 4.69) is 0 Å². The Balaban J connectivity index is 1.34. The number of hydrogen-bond acceptors (Lipinski definition) is 21. The molecule has 298 valence electrons. The van der Waals surface area contributed by atoms with Crippen LogP contribution < -0.4 is 14.9 Å². The maximum Gasteiger partial charge on any atom is 0.239 e. The first-order chi connectivity index (χ1) is 25.5. The molecule has 3 aromatic rings. The Morgan fingerprint density at radius 3 is 1.87 bits per heavy atom. The zero-order valence-electron chi connectivity index (χ0n) is 28.0. The van der Waals surface area contributed by atoms with E-state index in [0.717, 1.165) is 24.3 Å². The van der Waals surface area contributed by atoms with Crippen LogP contribution in [-0.4, -0.2) is 172 Å². The number of benzene rings is 2. The van der Waals surface area contributed by atoms with Gasteiger partial charge in [0.1, 0.15) is 89.6 Å². The van der Waals surface area contributed by atoms with E-state index in [1.165, 1.54) is 13.0 Å². The summed E-state index contributed by atoms with van der Waals surface area (Å²) in [6.07, 6.45) is -25.1. The van der Waals surface area contributed by atoms with Gasteiger partial charge in [0.2, 0.25) is 23.8 Å². The van der Waals surface area contributed by atoms with Gasteiger partial charge in [-0.1, -0.05) is 0 Å². The van der Waals surface area contributed by atoms with Crippen molar-refractivity contribution in [1.29, 1.82) is 0 Å². The van der Waals surface area contributed by atoms with Gasteiger partial charge in [-0.2, -0.15) is 0 Å². The molecule has 0 amide bonds. The highest BCUT2D eigenvalue weighted by molar-refractivity contribution is 5.88. The van der Waals surface area contributed by atoms with E-state index in [0.29, 0.717) is 0 Å². The van der Waals surface area contributed by atoms with E-state index in [1.807, 2.05) is 0 Å². The van der Waals surface area contributed by atoms with E-state index in [9.17, 15) is 71.2 Å². The lowest BCUT2D eigenvalue weighted by atomic mass is 9.98. The molecule has 6 rings (SSSR count). The molecular weight excluding hydrogens is 732 g/mol. The maximum absolute atomic E-state index is 14.1. The Morgan fingerprint density at radius 2 is 1.22 bits per heavy atom. The van der Waals surface area contributed by atoms with Gasteiger partial charge < -0.3 is 99.2 Å². The molecule has 2 aromatic carbocycles. The zero-order chi connectivity index (χ0) is 39.3. The van der Waals surface area contributed by atoms with Crippen LogP contribution in [0.1, 0.15) is 6.92 Å². The molecule has 1 aromatic heterocycles. The number of phenols is 3. The van der Waals surface area contributed by atoms with Crippen molar-refractivity contribution in [2.24, 2.45) is 0 Å². The summed E-state index contributed by atoms with van der Waals surface area (Å²) in [5.74, 6) is -3.63. The number of aliphatic hydroxyl groups is 10. The summed E-state index contributed by atoms with van der Waals surface area (Å²) < 4.78 is 39.1. The fourth-order valence-electron chi connectivity index (χ4n) is 6.19. The molecule has 0 unspecified atom stereocenters. The molecule has 0 aliphatic carbocycles. The Morgan fingerprint density at radius 1 is 0.630 bits per heavy atom. The van der Waals surface area contributed by atoms with Crippen LogP contribution in [0.2, 0.25) is 0 Å². The second-order valence-electron chi connectivity index (χ2n) is 13.1. The molecule has 3 fully saturated rings. The Labute approximate surface area is 303 Å². The van der Waals surface area contributed by atoms with Crippen molar-refractivity contribution in [1.82, 2.24) is 0 Å². The second-order valence-corrected chi connectivity index (χ2v) is 13.1. The molecule has 0 spiro atoms. The minimum absolute atomic E-state index is 0.122. The van der Waals surface area contributed by atoms with Crippen LogP contribution in [0.25, 0.3) is 22.3 Å². The summed E-state index contributed by atoms with van der Waals surface area (Å²) >= 11 is 0. The van der Waals surface area contributed by atoms with Crippen LogP contribution in [-0.2, 0) is 18.9 Å². The predicted octanol–water partition coefficient (Wildman–Crippen LogP) is -4.21. The van der Waals surface area contributed by atoms with Gasteiger partial charge >= 0.3 is 0 Å². The van der Waals surface area contributed by atoms with E-state index in [4.69, 9.17) is 32.8 Å². The zero-order valence-corrected chi connectivity index (χ0v) is 28.0. The Kier molecular flexibility index (Phi) is 11.5. The molecule has 3 saturated heterocycles. The van der Waals surface area contributed by atoms with E-state index in [1.54, 1.807) is 0 Å². The van der Waals surface area contributed by atoms with Gasteiger partial charge in [-0.25, -0.2) is 0 Å². The van der Waals surface area contributed by atoms with Gasteiger partial charge in [0.15, 0.2) is 23.5 Å². The van der Waals surface area contributed by atoms with Crippen LogP contribution in [0.15, 0.2) is 39.5 Å². The molecule has 0 saturated carbocycles. The molecule has 13 N–H and O–H groups in total. The summed E-state index contributed by atoms with van der Waals surface area (Å²) in [6.45, 7) is -0.0204. The van der Waals surface area contributed by atoms with Crippen molar-refractivity contribution in [2.75, 3.05) is 13.2 Å². The van der Waals surface area contributed by atoms with Crippen molar-refractivity contribution in [3.05, 3.63) is 40.6 Å². The fraction of sp³-hybridized carbons (Fsp3) is 0.545. The van der Waals surface area contributed by atoms with Crippen LogP contribution in [0.4, 0.5) is 0 Å². The summed E-state index contributed by atoms with van der Waals surface area (Å²) in [6, 6.07) is 5.15. The standard InChI is InChI=1S/C33H40O21/c1-9-19(38)23(42)26(45)31(49-9)48-8-17-21(40)25(44)28(47)33(53-17)54-30-22(41)18-14(37)5-11(50-32-27(46)24(43)20(39)16(7-34)52-32)6-15(18)51-29(30)10-2-3-12(35)13(36)4-10/h2-6,9,16-17,19-21,23-28,31-40,42-47H,7-8H2,1H3/t9-,16-,17-,19-,20-,21-,23-,24-,25-,26+,27-,28-,31+,32-,33-/m0/s1. The first-order valence-electron chi connectivity index (χ1n) is 16.5. The Hall–Kier alpha value is -3.91. The fourth-order valence-corrected chi connectivity index (χ4v) is 6.19. The van der Waals surface area contributed by atoms with Crippen molar-refractivity contribution in [2.45, 2.75) is 99.0 Å². The molecule has 0 bridgehead atoms. The van der Waals surface area contributed by atoms with Crippen LogP contribution in [0.5, 0.6) is 28.7 Å². The molecule has 3 aliphatic heterocycles. The van der Waals surface area contributed by atoms with Gasteiger partial charge in [0.05, 0.1) is 19.3 Å². The molecule has 4 heterocycles. The van der Waals surface area contributed by atoms with Gasteiger partial charge in [0.25, 0.3) is 0 Å². The second kappa shape index (κ2) is 15.7. The minimum atomic E-state index is -2.05. The quantitative estimate of drug-likeness (QED) is 0.0917. The topological polar surface area (TPSA) is 349 Å². The molecule has 15 atom stereocenters. The van der Waals surface area contributed by atoms with Gasteiger partial charge in [-0.3, -0.25) is 4.79 Å². The minimum Gasteiger partial charge on any atom is -0.507 e. The number of ether oxygens (including phenoxy) is 6. The summed E-state index contributed by atoms with van der Waals surface area (Å²) in [7, 11) is 0. The largest absolute Gasteiger partial charge is 0.507 e. The normalized spacial score (nSPS) is 37.3. The molecule has 54 heavy (non-hydrogen) atoms. The lowest BCUT2D eigenvalue weighted by Gasteiger charge is -2.42. The molecular formula is C33H40O21. The number of aliphatic hydroxyl groups excluding tert-OH is 10. The van der Waals surface area contributed by atoms with Crippen molar-refractivity contribution in [3.63, 3.8) is 0 Å². The number of phenolic OH excluding ortho intramolecular Hbond substituents is 3. The van der Waals surface area contributed by atoms with Gasteiger partial charge in [-0.15, -0.1) is 0 Å². The molecule has 21 heteroatoms. The molecule has 3 aliphatic rings. The van der Waals surface area contributed by atoms with Crippen molar-refractivity contribution < 1.29 is 99.2 Å². The van der Waals surface area contributed by atoms with Crippen LogP contribution in [0.3, 0.4) is 0 Å². The van der Waals surface area contributed by atoms with Crippen LogP contribution >= 0.6 is 0 Å². The number of rotatable bonds is 9. The number of aromatic hydroxyl groups is 3. The highest BCUT2D eigenvalue weighted by Crippen LogP contribution is 2.40. The molecule has 0 radical (unpaired) electrons. The highest BCUT2D eigenvalue weighted by Gasteiger charge is 2.48. The Bertz CT molecular complexity index is 1850.